The van der Waals surface area contributed by atoms with Crippen molar-refractivity contribution in [1.29, 1.82) is 0 Å². The molecule has 14 heteroatoms. The van der Waals surface area contributed by atoms with Crippen LogP contribution in [0.2, 0.25) is 5.02 Å². The van der Waals surface area contributed by atoms with Crippen LogP contribution in [-0.4, -0.2) is 100 Å². The van der Waals surface area contributed by atoms with Crippen molar-refractivity contribution in [3.8, 4) is 0 Å². The Morgan fingerprint density at radius 2 is 1.90 bits per heavy atom. The first kappa shape index (κ1) is 30.4. The number of nitrogens with one attached hydrogen (secondary N) is 2. The molecule has 4 rings (SSSR count). The number of benzene rings is 1. The molecular weight excluding hydrogens is 555 g/mol. The van der Waals surface area contributed by atoms with Gasteiger partial charge in [0.25, 0.3) is 0 Å². The van der Waals surface area contributed by atoms with Crippen molar-refractivity contribution in [2.24, 2.45) is 5.41 Å². The zero-order valence-electron chi connectivity index (χ0n) is 22.4. The molecule has 3 aliphatic rings. The van der Waals surface area contributed by atoms with Gasteiger partial charge in [-0.2, -0.15) is 13.2 Å². The van der Waals surface area contributed by atoms with E-state index in [0.717, 1.165) is 37.5 Å². The van der Waals surface area contributed by atoms with Gasteiger partial charge in [-0.15, -0.1) is 0 Å². The molecular formula is C26H35ClF3N5O5. The highest BCUT2D eigenvalue weighted by Crippen LogP contribution is 2.53. The van der Waals surface area contributed by atoms with Crippen molar-refractivity contribution in [2.45, 2.75) is 69.6 Å². The topological polar surface area (TPSA) is 125 Å². The van der Waals surface area contributed by atoms with Gasteiger partial charge in [0.1, 0.15) is 12.3 Å². The van der Waals surface area contributed by atoms with Gasteiger partial charge in [-0.3, -0.25) is 14.9 Å². The minimum absolute atomic E-state index is 0.0328. The lowest BCUT2D eigenvalue weighted by atomic mass is 9.90. The molecule has 0 bridgehead atoms. The van der Waals surface area contributed by atoms with Crippen LogP contribution in [0.5, 0.6) is 0 Å². The van der Waals surface area contributed by atoms with E-state index in [0.29, 0.717) is 6.54 Å². The summed E-state index contributed by atoms with van der Waals surface area (Å²) in [4.78, 5) is 43.5. The van der Waals surface area contributed by atoms with Crippen LogP contribution >= 0.6 is 11.6 Å². The van der Waals surface area contributed by atoms with Crippen molar-refractivity contribution in [3.05, 3.63) is 28.8 Å². The molecule has 1 aliphatic carbocycles. The number of halogens is 4. The average Bonchev–Trinajstić information content (AvgIpc) is 3.67. The molecule has 1 saturated carbocycles. The maximum atomic E-state index is 13.3. The summed E-state index contributed by atoms with van der Waals surface area (Å²) in [6.45, 7) is 2.54. The van der Waals surface area contributed by atoms with Gasteiger partial charge in [0.15, 0.2) is 0 Å². The zero-order chi connectivity index (χ0) is 29.4. The molecule has 2 heterocycles. The lowest BCUT2D eigenvalue weighted by Gasteiger charge is -2.44. The highest BCUT2D eigenvalue weighted by molar-refractivity contribution is 6.31. The third kappa shape index (κ3) is 6.32. The van der Waals surface area contributed by atoms with Crippen LogP contribution in [-0.2, 0) is 15.8 Å². The molecule has 1 spiro atoms. The Balaban J connectivity index is 1.36. The van der Waals surface area contributed by atoms with Crippen molar-refractivity contribution >= 4 is 35.1 Å². The van der Waals surface area contributed by atoms with Crippen molar-refractivity contribution in [2.75, 3.05) is 38.5 Å². The van der Waals surface area contributed by atoms with E-state index in [1.165, 1.54) is 23.8 Å². The van der Waals surface area contributed by atoms with Crippen molar-refractivity contribution < 1.29 is 37.8 Å². The van der Waals surface area contributed by atoms with Gasteiger partial charge < -0.3 is 30.2 Å². The van der Waals surface area contributed by atoms with Crippen LogP contribution in [0.1, 0.15) is 44.6 Å². The molecule has 2 aliphatic heterocycles. The lowest BCUT2D eigenvalue weighted by molar-refractivity contribution is -0.147. The largest absolute Gasteiger partial charge is 0.417 e. The normalized spacial score (nSPS) is 24.2. The molecule has 222 valence electrons. The summed E-state index contributed by atoms with van der Waals surface area (Å²) in [6, 6.07) is 0.476. The van der Waals surface area contributed by atoms with E-state index < -0.39 is 53.1 Å². The SMILES string of the molecule is CNC(O)[C@H](CCC(=O)N1CCC2(CC2)[C@H](O)C1)N1CCN(C(=O)Nc2ccc(C(F)(F)F)c(Cl)c2)[C@@H](C)C1=O. The Morgan fingerprint density at radius 3 is 2.48 bits per heavy atom. The maximum absolute atomic E-state index is 13.3. The van der Waals surface area contributed by atoms with E-state index >= 15 is 0 Å². The lowest BCUT2D eigenvalue weighted by Crippen LogP contribution is -2.63. The number of likely N-dealkylation sites (tertiary alicyclic amines) is 1. The number of alkyl halides is 3. The molecule has 40 heavy (non-hydrogen) atoms. The number of rotatable bonds is 7. The Bertz CT molecular complexity index is 1130. The number of piperidine rings is 1. The van der Waals surface area contributed by atoms with E-state index in [-0.39, 0.29) is 49.5 Å². The van der Waals surface area contributed by atoms with Crippen molar-refractivity contribution in [3.63, 3.8) is 0 Å². The molecule has 1 unspecified atom stereocenters. The zero-order valence-corrected chi connectivity index (χ0v) is 23.1. The first-order valence-corrected chi connectivity index (χ1v) is 13.7. The number of hydrogen-bond donors (Lipinski definition) is 4. The summed E-state index contributed by atoms with van der Waals surface area (Å²) in [5, 5.41) is 25.7. The van der Waals surface area contributed by atoms with Crippen LogP contribution in [0.3, 0.4) is 0 Å². The molecule has 3 fully saturated rings. The Hall–Kier alpha value is -2.61. The number of anilines is 1. The summed E-state index contributed by atoms with van der Waals surface area (Å²) in [5.41, 5.74) is -1.02. The second kappa shape index (κ2) is 11.7. The first-order valence-electron chi connectivity index (χ1n) is 13.3. The number of piperazine rings is 1. The van der Waals surface area contributed by atoms with Gasteiger partial charge in [-0.25, -0.2) is 4.79 Å². The first-order chi connectivity index (χ1) is 18.8. The summed E-state index contributed by atoms with van der Waals surface area (Å²) in [6.07, 6.45) is -3.33. The van der Waals surface area contributed by atoms with E-state index in [4.69, 9.17) is 11.6 Å². The summed E-state index contributed by atoms with van der Waals surface area (Å²) < 4.78 is 38.9. The minimum Gasteiger partial charge on any atom is -0.391 e. The number of urea groups is 1. The molecule has 0 aromatic heterocycles. The Labute approximate surface area is 235 Å². The molecule has 2 saturated heterocycles. The van der Waals surface area contributed by atoms with E-state index in [2.05, 4.69) is 10.6 Å². The van der Waals surface area contributed by atoms with Gasteiger partial charge in [0, 0.05) is 38.3 Å². The minimum atomic E-state index is -4.63. The number of amides is 4. The number of likely N-dealkylation sites (N-methyl/N-ethyl adjacent to an activating group) is 1. The fourth-order valence-electron chi connectivity index (χ4n) is 5.61. The highest BCUT2D eigenvalue weighted by Gasteiger charge is 2.52. The van der Waals surface area contributed by atoms with Crippen molar-refractivity contribution in [1.82, 2.24) is 20.0 Å². The summed E-state index contributed by atoms with van der Waals surface area (Å²) in [5.74, 6) is -0.598. The summed E-state index contributed by atoms with van der Waals surface area (Å²) in [7, 11) is 1.53. The smallest absolute Gasteiger partial charge is 0.391 e. The fraction of sp³-hybridized carbons (Fsp3) is 0.654. The standard InChI is InChI=1S/C26H35ClF3N5O5/c1-15-23(39)35(12-11-34(15)24(40)32-16-3-4-17(18(27)13-16)26(28,29)30)19(22(38)31-2)5-6-21(37)33-10-9-25(7-8-25)20(36)14-33/h3-4,13,15,19-20,22,31,36,38H,5-12,14H2,1-2H3,(H,32,40)/t15-,19-,20+,22?/m0/s1. The number of nitrogens with zero attached hydrogens (tertiary/aromatic N) is 3. The third-order valence-corrected chi connectivity index (χ3v) is 8.73. The number of carbonyl (C=O) groups excluding carboxylic acids is 3. The maximum Gasteiger partial charge on any atom is 0.417 e. The van der Waals surface area contributed by atoms with Crippen LogP contribution < -0.4 is 10.6 Å². The Morgan fingerprint density at radius 1 is 1.20 bits per heavy atom. The van der Waals surface area contributed by atoms with E-state index in [9.17, 15) is 37.8 Å². The van der Waals surface area contributed by atoms with E-state index in [1.54, 1.807) is 4.90 Å². The van der Waals surface area contributed by atoms with Crippen LogP contribution in [0.15, 0.2) is 18.2 Å². The molecule has 4 atom stereocenters. The average molecular weight is 590 g/mol. The number of aliphatic hydroxyl groups excluding tert-OH is 2. The van der Waals surface area contributed by atoms with Gasteiger partial charge in [-0.1, -0.05) is 11.6 Å². The second-order valence-corrected chi connectivity index (χ2v) is 11.2. The molecule has 1 aromatic carbocycles. The Kier molecular flexibility index (Phi) is 8.88. The monoisotopic (exact) mass is 589 g/mol. The number of carbonyl (C=O) groups is 3. The number of aliphatic hydroxyl groups is 2. The van der Waals surface area contributed by atoms with Gasteiger partial charge in [-0.05, 0) is 63.3 Å². The molecule has 4 N–H and O–H groups in total. The highest BCUT2D eigenvalue weighted by atomic mass is 35.5. The predicted octanol–water partition coefficient (Wildman–Crippen LogP) is 2.48. The molecule has 4 amide bonds. The predicted molar refractivity (Wildman–Crippen MR) is 140 cm³/mol. The second-order valence-electron chi connectivity index (χ2n) is 10.8. The van der Waals surface area contributed by atoms with Gasteiger partial charge in [0.2, 0.25) is 11.8 Å². The van der Waals surface area contributed by atoms with Gasteiger partial charge >= 0.3 is 12.2 Å². The summed E-state index contributed by atoms with van der Waals surface area (Å²) >= 11 is 5.74. The molecule has 10 nitrogen and oxygen atoms in total. The fourth-order valence-corrected chi connectivity index (χ4v) is 5.90. The molecule has 0 radical (unpaired) electrons. The number of β-amino-alcohol motifs (C(OH)–C–C–N with tert-alkyl or cyclic N) is 1. The third-order valence-electron chi connectivity index (χ3n) is 8.42. The van der Waals surface area contributed by atoms with Crippen LogP contribution in [0.25, 0.3) is 0 Å². The number of hydrogen-bond acceptors (Lipinski definition) is 6. The quantitative estimate of drug-likeness (QED) is 0.362. The van der Waals surface area contributed by atoms with Crippen LogP contribution in [0.4, 0.5) is 23.7 Å². The van der Waals surface area contributed by atoms with Gasteiger partial charge in [0.05, 0.1) is 22.7 Å². The molecule has 1 aromatic rings. The van der Waals surface area contributed by atoms with E-state index in [1.807, 2.05) is 0 Å². The van der Waals surface area contributed by atoms with Crippen LogP contribution in [0, 0.1) is 5.41 Å².